The third-order valence-corrected chi connectivity index (χ3v) is 32.1. The molecule has 3 unspecified atom stereocenters. The Hall–Kier alpha value is -4.71. The van der Waals surface area contributed by atoms with Gasteiger partial charge in [-0.25, -0.2) is 0 Å². The van der Waals surface area contributed by atoms with Gasteiger partial charge in [-0.3, -0.25) is 4.52 Å². The first-order valence-corrected chi connectivity index (χ1v) is 61.8. The average molecular weight is 1970 g/mol. The maximum atomic E-state index is 7.40. The van der Waals surface area contributed by atoms with E-state index in [-0.39, 0.29) is 28.1 Å². The van der Waals surface area contributed by atoms with Crippen molar-refractivity contribution >= 4 is 25.8 Å². The largest absolute Gasteiger partial charge is 0.530 e. The molecule has 788 valence electrons. The molecule has 0 fully saturated rings. The van der Waals surface area contributed by atoms with Crippen molar-refractivity contribution in [3.05, 3.63) is 176 Å². The Kier molecular flexibility index (Phi) is 66.4. The molecule has 0 aliphatic heterocycles. The lowest BCUT2D eigenvalue weighted by Crippen LogP contribution is -2.19. The van der Waals surface area contributed by atoms with Crippen LogP contribution in [-0.4, -0.2) is 19.8 Å². The SMILES string of the molecule is CCCCCCCCCCCCCCCOP(OCCCCCCCCCCCCCCC)Oc1cc(C)c(C(CC(C)c2cc(C(C)(C)C)c(OP(Oc3ccc(CCCCCCCCC)cc3)Oc3ccc(CCCCCCCCC)cc3)cc2C)c2cc(C(C)(C)C)c(OP(OCCCCCCCCCCCCCCC)Oc3ccc(CCCCCCCCC)cc3)cc2C)cc1C(C)(C)C. The third-order valence-electron chi connectivity index (χ3n) is 28.8. The Morgan fingerprint density at radius 1 is 0.223 bits per heavy atom. The summed E-state index contributed by atoms with van der Waals surface area (Å²) >= 11 is 0. The molecule has 6 aromatic rings. The molecule has 0 N–H and O–H groups in total. The molecule has 0 amide bonds. The summed E-state index contributed by atoms with van der Waals surface area (Å²) in [6.07, 6.45) is 82.1. The van der Waals surface area contributed by atoms with Gasteiger partial charge in [0.05, 0.1) is 19.8 Å². The molecular formula is C127H211O9P3. The molecule has 0 aromatic heterocycles. The van der Waals surface area contributed by atoms with Crippen molar-refractivity contribution in [3.8, 4) is 34.5 Å². The summed E-state index contributed by atoms with van der Waals surface area (Å²) in [6.45, 7) is 46.1. The van der Waals surface area contributed by atoms with Crippen LogP contribution in [0.5, 0.6) is 34.5 Å². The van der Waals surface area contributed by atoms with Gasteiger partial charge in [0.1, 0.15) is 34.5 Å². The molecule has 3 atom stereocenters. The highest BCUT2D eigenvalue weighted by Gasteiger charge is 2.35. The van der Waals surface area contributed by atoms with Crippen molar-refractivity contribution < 1.29 is 40.7 Å². The molecule has 12 heteroatoms. The number of benzene rings is 6. The first-order chi connectivity index (χ1) is 67.4. The van der Waals surface area contributed by atoms with Gasteiger partial charge < -0.3 is 36.2 Å². The molecule has 0 aliphatic carbocycles. The molecule has 6 rings (SSSR count). The van der Waals surface area contributed by atoms with Crippen LogP contribution in [0.15, 0.2) is 109 Å². The molecule has 0 heterocycles. The lowest BCUT2D eigenvalue weighted by atomic mass is 9.74. The van der Waals surface area contributed by atoms with Crippen LogP contribution in [-0.2, 0) is 49.1 Å². The zero-order chi connectivity index (χ0) is 100. The van der Waals surface area contributed by atoms with E-state index in [9.17, 15) is 0 Å². The standard InChI is InChI=1S/C127H211O9P3/c1-20-26-32-38-44-47-50-53-56-59-65-71-77-95-128-137(129-96-78-72-66-60-57-54-51-48-45-39-33-27-21-2)134-122-100-107(9)116(103-120(122)126(14,15)16)118(117-104-121(127(17,18)19)123(101-108(117)10)135-138(130-97-79-73-67-61-58-55-52-49-46-40-34-28-22-3)131-112-89-83-109(84-90-112)80-74-68-62-41-35-29-23-4)98-105(7)115-102-119(125(11,12)13)124(99-106(115)8)136-139(132-113-91-85-110(86-92-113)81-75-69-63-42-36-30-24-5)133-114-93-87-111(88-94-114)82-76-70-64-43-37-31-25-6/h83-94,99-105,118H,20-82,95-98H2,1-19H3. The van der Waals surface area contributed by atoms with Crippen LogP contribution in [0.3, 0.4) is 0 Å². The highest BCUT2D eigenvalue weighted by atomic mass is 31.2. The summed E-state index contributed by atoms with van der Waals surface area (Å²) < 4.78 is 63.8. The lowest BCUT2D eigenvalue weighted by Gasteiger charge is -2.33. The van der Waals surface area contributed by atoms with Crippen LogP contribution < -0.4 is 27.1 Å². The van der Waals surface area contributed by atoms with Gasteiger partial charge in [0, 0.05) is 22.6 Å². The maximum Gasteiger partial charge on any atom is 0.530 e. The molecular weight excluding hydrogens is 1760 g/mol. The number of rotatable bonds is 86. The Labute approximate surface area is 861 Å². The molecule has 0 spiro atoms. The molecule has 0 radical (unpaired) electrons. The van der Waals surface area contributed by atoms with Crippen molar-refractivity contribution in [2.45, 2.75) is 571 Å². The molecule has 9 nitrogen and oxygen atoms in total. The van der Waals surface area contributed by atoms with E-state index in [1.54, 1.807) is 0 Å². The van der Waals surface area contributed by atoms with Crippen LogP contribution in [0.1, 0.15) is 581 Å². The predicted molar refractivity (Wildman–Crippen MR) is 608 cm³/mol. The highest BCUT2D eigenvalue weighted by Crippen LogP contribution is 2.53. The van der Waals surface area contributed by atoms with Crippen molar-refractivity contribution in [1.29, 1.82) is 0 Å². The van der Waals surface area contributed by atoms with E-state index in [4.69, 9.17) is 40.7 Å². The monoisotopic (exact) mass is 1970 g/mol. The van der Waals surface area contributed by atoms with Gasteiger partial charge >= 0.3 is 25.8 Å². The zero-order valence-corrected chi connectivity index (χ0v) is 96.1. The molecule has 0 saturated carbocycles. The second-order valence-electron chi connectivity index (χ2n) is 45.0. The van der Waals surface area contributed by atoms with Gasteiger partial charge in [0.2, 0.25) is 0 Å². The maximum absolute atomic E-state index is 7.40. The Morgan fingerprint density at radius 3 is 0.676 bits per heavy atom. The van der Waals surface area contributed by atoms with E-state index < -0.39 is 25.8 Å². The first-order valence-electron chi connectivity index (χ1n) is 58.5. The smallest absolute Gasteiger partial charge is 0.426 e. The van der Waals surface area contributed by atoms with E-state index in [1.165, 1.54) is 397 Å². The van der Waals surface area contributed by atoms with E-state index >= 15 is 0 Å². The van der Waals surface area contributed by atoms with Crippen molar-refractivity contribution in [1.82, 2.24) is 0 Å². The normalized spacial score (nSPS) is 12.8. The number of hydrogen-bond donors (Lipinski definition) is 0. The number of unbranched alkanes of at least 4 members (excludes halogenated alkanes) is 54. The minimum absolute atomic E-state index is 0.0710. The van der Waals surface area contributed by atoms with Gasteiger partial charge in [-0.15, -0.1) is 0 Å². The summed E-state index contributed by atoms with van der Waals surface area (Å²) in [6, 6.07) is 40.7. The fraction of sp³-hybridized carbons (Fsp3) is 0.717. The minimum atomic E-state index is -1.98. The Morgan fingerprint density at radius 2 is 0.424 bits per heavy atom. The Bertz CT molecular complexity index is 3910. The lowest BCUT2D eigenvalue weighted by molar-refractivity contribution is 0.197. The third kappa shape index (κ3) is 54.0. The van der Waals surface area contributed by atoms with Crippen molar-refractivity contribution in [2.24, 2.45) is 0 Å². The van der Waals surface area contributed by atoms with Gasteiger partial charge in [-0.2, -0.15) is 0 Å². The second kappa shape index (κ2) is 75.1. The molecule has 6 aromatic carbocycles. The van der Waals surface area contributed by atoms with E-state index in [2.05, 4.69) is 241 Å². The minimum Gasteiger partial charge on any atom is -0.426 e. The summed E-state index contributed by atoms with van der Waals surface area (Å²) in [7, 11) is -5.53. The summed E-state index contributed by atoms with van der Waals surface area (Å²) in [5, 5.41) is 0. The van der Waals surface area contributed by atoms with Gasteiger partial charge in [-0.05, 0) is 212 Å². The molecule has 139 heavy (non-hydrogen) atoms. The van der Waals surface area contributed by atoms with E-state index in [0.29, 0.717) is 19.8 Å². The highest BCUT2D eigenvalue weighted by molar-refractivity contribution is 7.43. The fourth-order valence-corrected chi connectivity index (χ4v) is 22.9. The number of hydrogen-bond acceptors (Lipinski definition) is 9. The topological polar surface area (TPSA) is 83.1 Å². The predicted octanol–water partition coefficient (Wildman–Crippen LogP) is 44.1. The van der Waals surface area contributed by atoms with Crippen molar-refractivity contribution in [2.75, 3.05) is 19.8 Å². The van der Waals surface area contributed by atoms with Gasteiger partial charge in [-0.1, -0.05) is 512 Å². The van der Waals surface area contributed by atoms with Gasteiger partial charge in [0.15, 0.2) is 0 Å². The van der Waals surface area contributed by atoms with E-state index in [0.717, 1.165) is 115 Å². The fourth-order valence-electron chi connectivity index (χ4n) is 19.8. The van der Waals surface area contributed by atoms with Crippen LogP contribution >= 0.6 is 25.8 Å². The average Bonchev–Trinajstić information content (AvgIpc) is 0.756. The molecule has 0 aliphatic rings. The summed E-state index contributed by atoms with van der Waals surface area (Å²) in [5.74, 6) is 4.71. The van der Waals surface area contributed by atoms with Crippen molar-refractivity contribution in [3.63, 3.8) is 0 Å². The quantitative estimate of drug-likeness (QED) is 0.0274. The molecule has 0 bridgehead atoms. The van der Waals surface area contributed by atoms with Crippen LogP contribution in [0, 0.1) is 20.8 Å². The van der Waals surface area contributed by atoms with Crippen LogP contribution in [0.2, 0.25) is 0 Å². The Balaban J connectivity index is 1.42. The summed E-state index contributed by atoms with van der Waals surface area (Å²) in [5.41, 5.74) is 13.8. The summed E-state index contributed by atoms with van der Waals surface area (Å²) in [4.78, 5) is 0. The first kappa shape index (κ1) is 123. The molecule has 0 saturated heterocycles. The van der Waals surface area contributed by atoms with Gasteiger partial charge in [0.25, 0.3) is 0 Å². The second-order valence-corrected chi connectivity index (χ2v) is 48.3. The number of aryl methyl sites for hydroxylation is 6. The van der Waals surface area contributed by atoms with E-state index in [1.807, 2.05) is 0 Å². The van der Waals surface area contributed by atoms with Crippen LogP contribution in [0.25, 0.3) is 0 Å². The van der Waals surface area contributed by atoms with Crippen LogP contribution in [0.4, 0.5) is 0 Å². The zero-order valence-electron chi connectivity index (χ0n) is 93.4.